The van der Waals surface area contributed by atoms with E-state index in [0.29, 0.717) is 11.6 Å². The van der Waals surface area contributed by atoms with Gasteiger partial charge in [-0.25, -0.2) is 0 Å². The molecule has 1 atom stereocenters. The fourth-order valence-corrected chi connectivity index (χ4v) is 3.80. The Morgan fingerprint density at radius 1 is 1.40 bits per heavy atom. The van der Waals surface area contributed by atoms with Gasteiger partial charge in [-0.1, -0.05) is 31.5 Å². The summed E-state index contributed by atoms with van der Waals surface area (Å²) < 4.78 is 5.68. The average Bonchev–Trinajstić information content (AvgIpc) is 2.91. The van der Waals surface area contributed by atoms with Crippen molar-refractivity contribution in [2.45, 2.75) is 32.3 Å². The van der Waals surface area contributed by atoms with E-state index in [2.05, 4.69) is 13.8 Å². The monoisotopic (exact) mass is 308 g/mol. The molecule has 0 bridgehead atoms. The standard InChI is InChI=1S/C16H17ClO2S/c1-9-7-20-15(13(9)17)14(18)10-4-5-12-11(6-10)16(2,3)8-19-12/h4-7,14,18H,8H2,1-3H3. The van der Waals surface area contributed by atoms with Gasteiger partial charge in [0.25, 0.3) is 0 Å². The Hall–Kier alpha value is -1.03. The van der Waals surface area contributed by atoms with Crippen molar-refractivity contribution < 1.29 is 9.84 Å². The van der Waals surface area contributed by atoms with Crippen LogP contribution in [0.1, 0.15) is 41.5 Å². The first-order valence-electron chi connectivity index (χ1n) is 6.59. The van der Waals surface area contributed by atoms with Crippen LogP contribution in [0.2, 0.25) is 5.02 Å². The maximum atomic E-state index is 10.6. The van der Waals surface area contributed by atoms with Crippen molar-refractivity contribution >= 4 is 22.9 Å². The minimum atomic E-state index is -0.678. The van der Waals surface area contributed by atoms with Crippen LogP contribution in [0.25, 0.3) is 0 Å². The molecule has 0 fully saturated rings. The summed E-state index contributed by atoms with van der Waals surface area (Å²) in [5.41, 5.74) is 3.01. The number of thiophene rings is 1. The molecule has 4 heteroatoms. The Balaban J connectivity index is 2.02. The van der Waals surface area contributed by atoms with Gasteiger partial charge in [0.15, 0.2) is 0 Å². The predicted octanol–water partition coefficient (Wildman–Crippen LogP) is 4.46. The maximum Gasteiger partial charge on any atom is 0.123 e. The number of aryl methyl sites for hydroxylation is 1. The highest BCUT2D eigenvalue weighted by Crippen LogP contribution is 2.42. The van der Waals surface area contributed by atoms with Crippen molar-refractivity contribution in [1.82, 2.24) is 0 Å². The van der Waals surface area contributed by atoms with Gasteiger partial charge in [0.05, 0.1) is 16.5 Å². The molecule has 2 heterocycles. The SMILES string of the molecule is Cc1csc(C(O)c2ccc3c(c2)C(C)(C)CO3)c1Cl. The maximum absolute atomic E-state index is 10.6. The van der Waals surface area contributed by atoms with Crippen molar-refractivity contribution in [2.24, 2.45) is 0 Å². The first-order chi connectivity index (χ1) is 9.40. The van der Waals surface area contributed by atoms with Crippen LogP contribution < -0.4 is 4.74 Å². The second kappa shape index (κ2) is 4.76. The van der Waals surface area contributed by atoms with Crippen LogP contribution in [0.3, 0.4) is 0 Å². The molecule has 0 saturated heterocycles. The Morgan fingerprint density at radius 3 is 2.80 bits per heavy atom. The molecule has 0 spiro atoms. The van der Waals surface area contributed by atoms with Crippen molar-refractivity contribution in [2.75, 3.05) is 6.61 Å². The average molecular weight is 309 g/mol. The molecule has 1 N–H and O–H groups in total. The summed E-state index contributed by atoms with van der Waals surface area (Å²) in [7, 11) is 0. The smallest absolute Gasteiger partial charge is 0.123 e. The number of benzene rings is 1. The third kappa shape index (κ3) is 2.14. The highest BCUT2D eigenvalue weighted by Gasteiger charge is 2.32. The molecule has 1 aliphatic rings. The second-order valence-electron chi connectivity index (χ2n) is 5.93. The number of halogens is 1. The minimum absolute atomic E-state index is 0.0137. The molecule has 0 saturated carbocycles. The highest BCUT2D eigenvalue weighted by atomic mass is 35.5. The number of rotatable bonds is 2. The number of hydrogen-bond acceptors (Lipinski definition) is 3. The van der Waals surface area contributed by atoms with E-state index in [0.717, 1.165) is 27.3 Å². The molecular formula is C16H17ClO2S. The molecule has 0 radical (unpaired) electrons. The zero-order chi connectivity index (χ0) is 14.5. The number of aliphatic hydroxyl groups excluding tert-OH is 1. The lowest BCUT2D eigenvalue weighted by Gasteiger charge is -2.17. The molecule has 0 amide bonds. The normalized spacial score (nSPS) is 17.6. The molecule has 1 aliphatic heterocycles. The quantitative estimate of drug-likeness (QED) is 0.887. The molecule has 1 aromatic carbocycles. The van der Waals surface area contributed by atoms with Gasteiger partial charge in [-0.3, -0.25) is 0 Å². The molecule has 1 aromatic heterocycles. The van der Waals surface area contributed by atoms with Crippen molar-refractivity contribution in [3.05, 3.63) is 50.2 Å². The van der Waals surface area contributed by atoms with Crippen LogP contribution >= 0.6 is 22.9 Å². The topological polar surface area (TPSA) is 29.5 Å². The molecule has 20 heavy (non-hydrogen) atoms. The van der Waals surface area contributed by atoms with E-state index in [9.17, 15) is 5.11 Å². The second-order valence-corrected chi connectivity index (χ2v) is 7.22. The summed E-state index contributed by atoms with van der Waals surface area (Å²) in [5.74, 6) is 0.916. The van der Waals surface area contributed by atoms with E-state index >= 15 is 0 Å². The van der Waals surface area contributed by atoms with Crippen LogP contribution in [-0.4, -0.2) is 11.7 Å². The largest absolute Gasteiger partial charge is 0.492 e. The Bertz CT molecular complexity index is 660. The number of aliphatic hydroxyl groups is 1. The Labute approximate surface area is 128 Å². The van der Waals surface area contributed by atoms with Gasteiger partial charge in [0.1, 0.15) is 11.9 Å². The van der Waals surface area contributed by atoms with Gasteiger partial charge < -0.3 is 9.84 Å². The predicted molar refractivity (Wildman–Crippen MR) is 83.1 cm³/mol. The van der Waals surface area contributed by atoms with Crippen LogP contribution in [0, 0.1) is 6.92 Å². The third-order valence-corrected chi connectivity index (χ3v) is 5.58. The van der Waals surface area contributed by atoms with Gasteiger partial charge in [0, 0.05) is 11.0 Å². The zero-order valence-electron chi connectivity index (χ0n) is 11.7. The summed E-state index contributed by atoms with van der Waals surface area (Å²) in [6, 6.07) is 5.89. The van der Waals surface area contributed by atoms with Gasteiger partial charge in [-0.05, 0) is 35.6 Å². The highest BCUT2D eigenvalue weighted by molar-refractivity contribution is 7.10. The van der Waals surface area contributed by atoms with Crippen LogP contribution in [0.5, 0.6) is 5.75 Å². The molecule has 3 rings (SSSR count). The summed E-state index contributed by atoms with van der Waals surface area (Å²) >= 11 is 7.75. The lowest BCUT2D eigenvalue weighted by molar-refractivity contribution is 0.224. The third-order valence-electron chi connectivity index (χ3n) is 3.81. The van der Waals surface area contributed by atoms with Gasteiger partial charge in [-0.2, -0.15) is 0 Å². The van der Waals surface area contributed by atoms with E-state index in [1.54, 1.807) is 0 Å². The van der Waals surface area contributed by atoms with Crippen LogP contribution in [-0.2, 0) is 5.41 Å². The van der Waals surface area contributed by atoms with Gasteiger partial charge in [0.2, 0.25) is 0 Å². The van der Waals surface area contributed by atoms with Gasteiger partial charge >= 0.3 is 0 Å². The lowest BCUT2D eigenvalue weighted by atomic mass is 9.85. The van der Waals surface area contributed by atoms with E-state index in [4.69, 9.17) is 16.3 Å². The van der Waals surface area contributed by atoms with Crippen molar-refractivity contribution in [1.29, 1.82) is 0 Å². The van der Waals surface area contributed by atoms with Crippen molar-refractivity contribution in [3.63, 3.8) is 0 Å². The van der Waals surface area contributed by atoms with E-state index < -0.39 is 6.10 Å². The number of ether oxygens (including phenoxy) is 1. The first kappa shape index (κ1) is 13.9. The minimum Gasteiger partial charge on any atom is -0.492 e. The molecule has 106 valence electrons. The first-order valence-corrected chi connectivity index (χ1v) is 7.85. The van der Waals surface area contributed by atoms with Crippen LogP contribution in [0.15, 0.2) is 23.6 Å². The molecular weight excluding hydrogens is 292 g/mol. The van der Waals surface area contributed by atoms with Crippen molar-refractivity contribution in [3.8, 4) is 5.75 Å². The van der Waals surface area contributed by atoms with Gasteiger partial charge in [-0.15, -0.1) is 11.3 Å². The summed E-state index contributed by atoms with van der Waals surface area (Å²) in [4.78, 5) is 0.806. The summed E-state index contributed by atoms with van der Waals surface area (Å²) in [5, 5.41) is 13.2. The fraction of sp³-hybridized carbons (Fsp3) is 0.375. The lowest BCUT2D eigenvalue weighted by Crippen LogP contribution is -2.18. The number of fused-ring (bicyclic) bond motifs is 1. The number of hydrogen-bond donors (Lipinski definition) is 1. The fourth-order valence-electron chi connectivity index (χ4n) is 2.49. The van der Waals surface area contributed by atoms with E-state index in [1.807, 2.05) is 30.5 Å². The summed E-state index contributed by atoms with van der Waals surface area (Å²) in [6.45, 7) is 6.93. The summed E-state index contributed by atoms with van der Waals surface area (Å²) in [6.07, 6.45) is -0.678. The molecule has 2 nitrogen and oxygen atoms in total. The van der Waals surface area contributed by atoms with E-state index in [-0.39, 0.29) is 5.41 Å². The van der Waals surface area contributed by atoms with Crippen LogP contribution in [0.4, 0.5) is 0 Å². The molecule has 2 aromatic rings. The molecule has 1 unspecified atom stereocenters. The zero-order valence-corrected chi connectivity index (χ0v) is 13.3. The Kier molecular flexibility index (Phi) is 3.32. The molecule has 0 aliphatic carbocycles. The van der Waals surface area contributed by atoms with E-state index in [1.165, 1.54) is 11.3 Å². The Morgan fingerprint density at radius 2 is 2.15 bits per heavy atom.